The van der Waals surface area contributed by atoms with Crippen molar-refractivity contribution in [2.75, 3.05) is 12.4 Å². The van der Waals surface area contributed by atoms with Crippen LogP contribution in [0.4, 0.5) is 9.80 Å². The maximum atomic E-state index is 12.4. The lowest BCUT2D eigenvalue weighted by atomic mass is 10.2. The summed E-state index contributed by atoms with van der Waals surface area (Å²) in [6, 6.07) is 11.2. The molecule has 0 aliphatic heterocycles. The van der Waals surface area contributed by atoms with Crippen LogP contribution in [0, 0.1) is 0 Å². The molecule has 0 bridgehead atoms. The van der Waals surface area contributed by atoms with Gasteiger partial charge in [-0.15, -0.1) is 0 Å². The number of benzene rings is 2. The molecular weight excluding hydrogens is 436 g/mol. The van der Waals surface area contributed by atoms with E-state index in [1.807, 2.05) is 44.4 Å². The number of carbonyl (C=O) groups excluding carboxylic acids is 1. The molecule has 1 amide bonds. The normalized spacial score (nSPS) is 11.0. The lowest BCUT2D eigenvalue weighted by molar-refractivity contribution is 0.155. The van der Waals surface area contributed by atoms with Gasteiger partial charge in [0, 0.05) is 23.7 Å². The first kappa shape index (κ1) is 21.1. The molecule has 31 heavy (non-hydrogen) atoms. The van der Waals surface area contributed by atoms with Crippen LogP contribution in [-0.2, 0) is 24.8 Å². The van der Waals surface area contributed by atoms with Crippen LogP contribution in [0.1, 0.15) is 18.2 Å². The Hall–Kier alpha value is -3.10. The first-order chi connectivity index (χ1) is 15.0. The molecule has 0 saturated heterocycles. The van der Waals surface area contributed by atoms with E-state index < -0.39 is 6.09 Å². The van der Waals surface area contributed by atoms with Gasteiger partial charge in [-0.25, -0.2) is 9.78 Å². The lowest BCUT2D eigenvalue weighted by Crippen LogP contribution is -2.13. The Kier molecular flexibility index (Phi) is 6.11. The fraction of sp³-hybridized carbons (Fsp3) is 0.227. The quantitative estimate of drug-likeness (QED) is 0.404. The predicted octanol–water partition coefficient (Wildman–Crippen LogP) is 5.67. The maximum absolute atomic E-state index is 12.4. The molecule has 0 radical (unpaired) electrons. The number of amides is 1. The van der Waals surface area contributed by atoms with E-state index in [0.717, 1.165) is 32.7 Å². The summed E-state index contributed by atoms with van der Waals surface area (Å²) in [6.45, 7) is 2.15. The Morgan fingerprint density at radius 2 is 2.10 bits per heavy atom. The van der Waals surface area contributed by atoms with Gasteiger partial charge in [-0.3, -0.25) is 10.00 Å². The van der Waals surface area contributed by atoms with Crippen molar-refractivity contribution in [2.24, 2.45) is 7.05 Å². The number of ether oxygens (including phenoxy) is 2. The van der Waals surface area contributed by atoms with Gasteiger partial charge in [-0.2, -0.15) is 5.10 Å². The number of hydrogen-bond donors (Lipinski definition) is 1. The lowest BCUT2D eigenvalue weighted by Gasteiger charge is -2.07. The minimum atomic E-state index is -0.528. The van der Waals surface area contributed by atoms with E-state index in [1.165, 1.54) is 11.3 Å². The van der Waals surface area contributed by atoms with Crippen LogP contribution in [0.15, 0.2) is 42.6 Å². The minimum Gasteiger partial charge on any atom is -0.496 e. The van der Waals surface area contributed by atoms with E-state index in [0.29, 0.717) is 22.2 Å². The van der Waals surface area contributed by atoms with Crippen LogP contribution in [-0.4, -0.2) is 28.0 Å². The van der Waals surface area contributed by atoms with Gasteiger partial charge >= 0.3 is 6.09 Å². The zero-order valence-electron chi connectivity index (χ0n) is 17.3. The molecule has 0 fully saturated rings. The van der Waals surface area contributed by atoms with Crippen molar-refractivity contribution >= 4 is 44.9 Å². The number of halogens is 1. The van der Waals surface area contributed by atoms with Crippen LogP contribution in [0.25, 0.3) is 21.5 Å². The number of methoxy groups -OCH3 is 1. The number of hydrogen-bond acceptors (Lipinski definition) is 6. The van der Waals surface area contributed by atoms with Gasteiger partial charge < -0.3 is 9.47 Å². The number of rotatable bonds is 6. The Labute approximate surface area is 188 Å². The van der Waals surface area contributed by atoms with Crippen molar-refractivity contribution in [2.45, 2.75) is 20.0 Å². The molecule has 2 heterocycles. The molecule has 0 aliphatic carbocycles. The molecule has 0 saturated carbocycles. The Morgan fingerprint density at radius 3 is 2.87 bits per heavy atom. The Bertz CT molecular complexity index is 1250. The number of aryl methyl sites for hydroxylation is 2. The van der Waals surface area contributed by atoms with Crippen molar-refractivity contribution in [3.8, 4) is 16.3 Å². The van der Waals surface area contributed by atoms with Gasteiger partial charge in [0.1, 0.15) is 22.4 Å². The molecule has 9 heteroatoms. The van der Waals surface area contributed by atoms with Crippen LogP contribution in [0.3, 0.4) is 0 Å². The van der Waals surface area contributed by atoms with Gasteiger partial charge in [0.2, 0.25) is 0 Å². The van der Waals surface area contributed by atoms with Crippen LogP contribution >= 0.6 is 22.9 Å². The molecule has 4 aromatic rings. The molecular formula is C22H21ClN4O3S. The first-order valence-electron chi connectivity index (χ1n) is 9.66. The standard InChI is InChI=1S/C22H21ClN4O3S/c1-4-17-21(31-20(24-17)16-7-6-15(23)10-19(16)29-3)25-22(28)30-12-13-5-8-18-14(9-13)11-27(2)26-18/h5-11H,4,12H2,1-3H3,(H,25,28). The van der Waals surface area contributed by atoms with Gasteiger partial charge in [-0.1, -0.05) is 35.9 Å². The number of anilines is 1. The van der Waals surface area contributed by atoms with Crippen molar-refractivity contribution in [1.82, 2.24) is 14.8 Å². The van der Waals surface area contributed by atoms with Crippen molar-refractivity contribution in [3.63, 3.8) is 0 Å². The molecule has 0 unspecified atom stereocenters. The molecule has 2 aromatic carbocycles. The maximum Gasteiger partial charge on any atom is 0.412 e. The third-order valence-corrected chi connectivity index (χ3v) is 5.98. The van der Waals surface area contributed by atoms with Crippen molar-refractivity contribution < 1.29 is 14.3 Å². The van der Waals surface area contributed by atoms with Crippen molar-refractivity contribution in [1.29, 1.82) is 0 Å². The van der Waals surface area contributed by atoms with Crippen LogP contribution < -0.4 is 10.1 Å². The topological polar surface area (TPSA) is 78.3 Å². The second-order valence-corrected chi connectivity index (χ2v) is 8.33. The number of fused-ring (bicyclic) bond motifs is 1. The second kappa shape index (κ2) is 8.95. The van der Waals surface area contributed by atoms with E-state index in [2.05, 4.69) is 15.4 Å². The van der Waals surface area contributed by atoms with Gasteiger partial charge in [-0.05, 0) is 42.3 Å². The summed E-state index contributed by atoms with van der Waals surface area (Å²) in [7, 11) is 3.46. The van der Waals surface area contributed by atoms with E-state index in [-0.39, 0.29) is 6.61 Å². The van der Waals surface area contributed by atoms with E-state index in [9.17, 15) is 4.79 Å². The highest BCUT2D eigenvalue weighted by Gasteiger charge is 2.17. The molecule has 1 N–H and O–H groups in total. The number of nitrogens with one attached hydrogen (secondary N) is 1. The predicted molar refractivity (Wildman–Crippen MR) is 123 cm³/mol. The number of aromatic nitrogens is 3. The zero-order chi connectivity index (χ0) is 22.0. The summed E-state index contributed by atoms with van der Waals surface area (Å²) in [5.74, 6) is 0.629. The summed E-state index contributed by atoms with van der Waals surface area (Å²) < 4.78 is 12.6. The first-order valence-corrected chi connectivity index (χ1v) is 10.9. The average Bonchev–Trinajstić information content (AvgIpc) is 3.33. The summed E-state index contributed by atoms with van der Waals surface area (Å²) in [5.41, 5.74) is 3.39. The SMILES string of the molecule is CCc1nc(-c2ccc(Cl)cc2OC)sc1NC(=O)OCc1ccc2nn(C)cc2c1. The number of thiazole rings is 1. The van der Waals surface area contributed by atoms with Gasteiger partial charge in [0.05, 0.1) is 23.9 Å². The fourth-order valence-electron chi connectivity index (χ4n) is 3.21. The second-order valence-electron chi connectivity index (χ2n) is 6.89. The molecule has 0 aliphatic rings. The molecule has 0 spiro atoms. The third kappa shape index (κ3) is 4.65. The average molecular weight is 457 g/mol. The summed E-state index contributed by atoms with van der Waals surface area (Å²) in [6.07, 6.45) is 2.06. The van der Waals surface area contributed by atoms with E-state index in [1.54, 1.807) is 23.9 Å². The molecule has 160 valence electrons. The smallest absolute Gasteiger partial charge is 0.412 e. The number of carbonyl (C=O) groups is 1. The van der Waals surface area contributed by atoms with Crippen LogP contribution in [0.2, 0.25) is 5.02 Å². The summed E-state index contributed by atoms with van der Waals surface area (Å²) in [4.78, 5) is 17.1. The molecule has 2 aromatic heterocycles. The highest BCUT2D eigenvalue weighted by atomic mass is 35.5. The zero-order valence-corrected chi connectivity index (χ0v) is 18.9. The molecule has 0 atom stereocenters. The molecule has 7 nitrogen and oxygen atoms in total. The Balaban J connectivity index is 1.47. The largest absolute Gasteiger partial charge is 0.496 e. The fourth-order valence-corrected chi connectivity index (χ4v) is 4.44. The van der Waals surface area contributed by atoms with Gasteiger partial charge in [0.15, 0.2) is 0 Å². The Morgan fingerprint density at radius 1 is 1.26 bits per heavy atom. The highest BCUT2D eigenvalue weighted by molar-refractivity contribution is 7.19. The van der Waals surface area contributed by atoms with Crippen molar-refractivity contribution in [3.05, 3.63) is 58.9 Å². The van der Waals surface area contributed by atoms with Gasteiger partial charge in [0.25, 0.3) is 0 Å². The highest BCUT2D eigenvalue weighted by Crippen LogP contribution is 2.38. The molecule has 4 rings (SSSR count). The monoisotopic (exact) mass is 456 g/mol. The van der Waals surface area contributed by atoms with E-state index >= 15 is 0 Å². The summed E-state index contributed by atoms with van der Waals surface area (Å²) >= 11 is 7.43. The summed E-state index contributed by atoms with van der Waals surface area (Å²) in [5, 5.41) is 10.1. The van der Waals surface area contributed by atoms with Crippen LogP contribution in [0.5, 0.6) is 5.75 Å². The minimum absolute atomic E-state index is 0.162. The third-order valence-electron chi connectivity index (χ3n) is 4.70. The van der Waals surface area contributed by atoms with E-state index in [4.69, 9.17) is 21.1 Å². The number of nitrogens with zero attached hydrogens (tertiary/aromatic N) is 3.